The Labute approximate surface area is 355 Å². The van der Waals surface area contributed by atoms with Crippen LogP contribution in [0.15, 0.2) is 0 Å². The van der Waals surface area contributed by atoms with Crippen molar-refractivity contribution >= 4 is 17.9 Å². The number of hydrogen-bond acceptors (Lipinski definition) is 6. The minimum absolute atomic E-state index is 0.0630. The Hall–Kier alpha value is -1.59. The summed E-state index contributed by atoms with van der Waals surface area (Å²) in [5.74, 6) is -0.0298. The largest absolute Gasteiger partial charge is 0.462 e. The van der Waals surface area contributed by atoms with Gasteiger partial charge in [0.1, 0.15) is 13.2 Å². The van der Waals surface area contributed by atoms with Gasteiger partial charge in [-0.3, -0.25) is 14.4 Å². The fourth-order valence-electron chi connectivity index (χ4n) is 7.69. The Bertz CT molecular complexity index is 857. The maximum atomic E-state index is 12.8. The Kier molecular flexibility index (Phi) is 44.2. The van der Waals surface area contributed by atoms with Crippen molar-refractivity contribution in [1.29, 1.82) is 0 Å². The highest BCUT2D eigenvalue weighted by molar-refractivity contribution is 5.71. The van der Waals surface area contributed by atoms with Gasteiger partial charge in [0, 0.05) is 19.3 Å². The van der Waals surface area contributed by atoms with Gasteiger partial charge in [0.05, 0.1) is 0 Å². The van der Waals surface area contributed by atoms with E-state index in [-0.39, 0.29) is 31.1 Å². The van der Waals surface area contributed by atoms with Crippen LogP contribution in [-0.4, -0.2) is 37.2 Å². The molecule has 6 nitrogen and oxygen atoms in total. The molecule has 0 saturated carbocycles. The van der Waals surface area contributed by atoms with Crippen molar-refractivity contribution in [3.8, 4) is 0 Å². The summed E-state index contributed by atoms with van der Waals surface area (Å²) in [4.78, 5) is 37.9. The third kappa shape index (κ3) is 45.3. The minimum Gasteiger partial charge on any atom is -0.462 e. The van der Waals surface area contributed by atoms with Gasteiger partial charge >= 0.3 is 17.9 Å². The molecule has 0 aromatic heterocycles. The van der Waals surface area contributed by atoms with E-state index in [0.717, 1.165) is 63.7 Å². The molecule has 0 amide bonds. The lowest BCUT2D eigenvalue weighted by Gasteiger charge is -2.18. The average molecular weight is 807 g/mol. The normalized spacial score (nSPS) is 11.9. The number of carbonyl (C=O) groups excluding carboxylic acids is 3. The zero-order chi connectivity index (χ0) is 41.7. The van der Waals surface area contributed by atoms with Crippen LogP contribution in [-0.2, 0) is 28.6 Å². The van der Waals surface area contributed by atoms with Gasteiger partial charge in [-0.2, -0.15) is 0 Å². The summed E-state index contributed by atoms with van der Waals surface area (Å²) in [7, 11) is 0. The zero-order valence-corrected chi connectivity index (χ0v) is 38.8. The summed E-state index contributed by atoms with van der Waals surface area (Å²) in [6, 6.07) is 0. The van der Waals surface area contributed by atoms with E-state index in [1.807, 2.05) is 0 Å². The molecule has 0 aromatic carbocycles. The topological polar surface area (TPSA) is 78.9 Å². The van der Waals surface area contributed by atoms with E-state index < -0.39 is 6.10 Å². The van der Waals surface area contributed by atoms with E-state index in [1.165, 1.54) is 180 Å². The number of ether oxygens (including phenoxy) is 3. The van der Waals surface area contributed by atoms with Crippen LogP contribution in [0.4, 0.5) is 0 Å². The molecule has 6 heteroatoms. The summed E-state index contributed by atoms with van der Waals surface area (Å²) in [6.07, 6.45) is 46.5. The maximum absolute atomic E-state index is 12.8. The highest BCUT2D eigenvalue weighted by Crippen LogP contribution is 2.17. The Morgan fingerprint density at radius 2 is 0.579 bits per heavy atom. The first kappa shape index (κ1) is 55.4. The summed E-state index contributed by atoms with van der Waals surface area (Å²) in [5.41, 5.74) is 0. The summed E-state index contributed by atoms with van der Waals surface area (Å²) in [6.45, 7) is 9.01. The van der Waals surface area contributed by atoms with Crippen LogP contribution in [0.3, 0.4) is 0 Å². The number of carbonyl (C=O) groups is 3. The summed E-state index contributed by atoms with van der Waals surface area (Å²) in [5, 5.41) is 0. The van der Waals surface area contributed by atoms with E-state index in [4.69, 9.17) is 14.2 Å². The van der Waals surface area contributed by atoms with E-state index in [0.29, 0.717) is 19.3 Å². The molecule has 0 spiro atoms. The standard InChI is InChI=1S/C51H98O6/c1-5-7-9-11-13-15-17-19-20-22-27-31-35-39-43-50(53)56-46-48(45-55-49(52)42-38-34-30-26-21-18-16-14-12-10-8-6-2)57-51(54)44-40-36-32-28-24-23-25-29-33-37-41-47(3)4/h47-48H,5-46H2,1-4H3/t48-/m0/s1. The lowest BCUT2D eigenvalue weighted by atomic mass is 10.0. The molecular formula is C51H98O6. The molecule has 0 fully saturated rings. The van der Waals surface area contributed by atoms with Crippen molar-refractivity contribution in [3.05, 3.63) is 0 Å². The second-order valence-electron chi connectivity index (χ2n) is 17.9. The van der Waals surface area contributed by atoms with Crippen molar-refractivity contribution in [2.24, 2.45) is 5.92 Å². The Morgan fingerprint density at radius 1 is 0.333 bits per heavy atom. The third-order valence-electron chi connectivity index (χ3n) is 11.5. The van der Waals surface area contributed by atoms with Crippen LogP contribution in [0.5, 0.6) is 0 Å². The molecule has 1 atom stereocenters. The molecule has 338 valence electrons. The Morgan fingerprint density at radius 3 is 0.860 bits per heavy atom. The van der Waals surface area contributed by atoms with Crippen LogP contribution >= 0.6 is 0 Å². The molecule has 0 rings (SSSR count). The molecule has 0 radical (unpaired) electrons. The molecule has 0 aliphatic rings. The first-order chi connectivity index (χ1) is 27.9. The summed E-state index contributed by atoms with van der Waals surface area (Å²) < 4.78 is 16.8. The SMILES string of the molecule is CCCCCCCCCCCCCCCCC(=O)OC[C@H](COC(=O)CCCCCCCCCCCCCC)OC(=O)CCCCCCCCCCCCC(C)C. The van der Waals surface area contributed by atoms with E-state index in [2.05, 4.69) is 27.7 Å². The van der Waals surface area contributed by atoms with E-state index >= 15 is 0 Å². The fraction of sp³-hybridized carbons (Fsp3) is 0.941. The molecule has 57 heavy (non-hydrogen) atoms. The van der Waals surface area contributed by atoms with Gasteiger partial charge < -0.3 is 14.2 Å². The second kappa shape index (κ2) is 45.5. The lowest BCUT2D eigenvalue weighted by molar-refractivity contribution is -0.167. The lowest BCUT2D eigenvalue weighted by Crippen LogP contribution is -2.30. The number of hydrogen-bond donors (Lipinski definition) is 0. The van der Waals surface area contributed by atoms with Gasteiger partial charge in [0.25, 0.3) is 0 Å². The first-order valence-corrected chi connectivity index (χ1v) is 25.4. The van der Waals surface area contributed by atoms with Crippen molar-refractivity contribution < 1.29 is 28.6 Å². The number of esters is 3. The van der Waals surface area contributed by atoms with Crippen LogP contribution in [0.2, 0.25) is 0 Å². The van der Waals surface area contributed by atoms with Gasteiger partial charge in [-0.1, -0.05) is 246 Å². The van der Waals surface area contributed by atoms with E-state index in [9.17, 15) is 14.4 Å². The predicted molar refractivity (Wildman–Crippen MR) is 243 cm³/mol. The third-order valence-corrected chi connectivity index (χ3v) is 11.5. The van der Waals surface area contributed by atoms with Crippen molar-refractivity contribution in [1.82, 2.24) is 0 Å². The smallest absolute Gasteiger partial charge is 0.306 e. The quantitative estimate of drug-likeness (QED) is 0.0346. The van der Waals surface area contributed by atoms with Gasteiger partial charge in [0.15, 0.2) is 6.10 Å². The Balaban J connectivity index is 4.31. The molecule has 0 bridgehead atoms. The highest BCUT2D eigenvalue weighted by atomic mass is 16.6. The van der Waals surface area contributed by atoms with Crippen molar-refractivity contribution in [2.45, 2.75) is 291 Å². The molecule has 0 unspecified atom stereocenters. The number of rotatable bonds is 46. The molecule has 0 aliphatic heterocycles. The van der Waals surface area contributed by atoms with Crippen LogP contribution in [0.1, 0.15) is 285 Å². The zero-order valence-electron chi connectivity index (χ0n) is 38.8. The van der Waals surface area contributed by atoms with Crippen LogP contribution in [0.25, 0.3) is 0 Å². The molecule has 0 aromatic rings. The molecule has 0 aliphatic carbocycles. The first-order valence-electron chi connectivity index (χ1n) is 25.4. The van der Waals surface area contributed by atoms with Gasteiger partial charge in [-0.15, -0.1) is 0 Å². The minimum atomic E-state index is -0.760. The summed E-state index contributed by atoms with van der Waals surface area (Å²) >= 11 is 0. The monoisotopic (exact) mass is 807 g/mol. The fourth-order valence-corrected chi connectivity index (χ4v) is 7.69. The van der Waals surface area contributed by atoms with Gasteiger partial charge in [0.2, 0.25) is 0 Å². The van der Waals surface area contributed by atoms with Crippen LogP contribution < -0.4 is 0 Å². The molecule has 0 N–H and O–H groups in total. The second-order valence-corrected chi connectivity index (χ2v) is 17.9. The average Bonchev–Trinajstić information content (AvgIpc) is 3.19. The van der Waals surface area contributed by atoms with Crippen molar-refractivity contribution in [3.63, 3.8) is 0 Å². The van der Waals surface area contributed by atoms with Gasteiger partial charge in [-0.05, 0) is 25.2 Å². The highest BCUT2D eigenvalue weighted by Gasteiger charge is 2.19. The van der Waals surface area contributed by atoms with Gasteiger partial charge in [-0.25, -0.2) is 0 Å². The molecule has 0 heterocycles. The maximum Gasteiger partial charge on any atom is 0.306 e. The predicted octanol–water partition coefficient (Wildman–Crippen LogP) is 16.3. The molecule has 0 saturated heterocycles. The van der Waals surface area contributed by atoms with E-state index in [1.54, 1.807) is 0 Å². The molecular weight excluding hydrogens is 709 g/mol. The van der Waals surface area contributed by atoms with Crippen LogP contribution in [0, 0.1) is 5.92 Å². The van der Waals surface area contributed by atoms with Crippen molar-refractivity contribution in [2.75, 3.05) is 13.2 Å². The number of unbranched alkanes of at least 4 members (excludes halogenated alkanes) is 33.